The zero-order chi connectivity index (χ0) is 24.1. The molecule has 3 aromatic rings. The standard InChI is InChI=1S/C25H29F3N4O2/c1-17-7-8-18(13-20(17)25(26,27)28)31-24-19-14-22(33-2)23(15-21(19)29-16-30-24)34-12-6-11-32-9-4-3-5-10-32/h7-8,13-16H,3-6,9-12H2,1-2H3,(H,29,30,31). The Morgan fingerprint density at radius 3 is 2.56 bits per heavy atom. The van der Waals surface area contributed by atoms with Gasteiger partial charge < -0.3 is 19.7 Å². The van der Waals surface area contributed by atoms with Crippen LogP contribution < -0.4 is 14.8 Å². The fourth-order valence-electron chi connectivity index (χ4n) is 4.23. The lowest BCUT2D eigenvalue weighted by Crippen LogP contribution is -2.31. The Balaban J connectivity index is 1.51. The van der Waals surface area contributed by atoms with Crippen LogP contribution in [0.25, 0.3) is 10.9 Å². The van der Waals surface area contributed by atoms with Gasteiger partial charge in [0.1, 0.15) is 12.1 Å². The second-order valence-corrected chi connectivity index (χ2v) is 8.50. The highest BCUT2D eigenvalue weighted by molar-refractivity contribution is 5.93. The number of methoxy groups -OCH3 is 1. The minimum absolute atomic E-state index is 0.161. The number of fused-ring (bicyclic) bond motifs is 1. The summed E-state index contributed by atoms with van der Waals surface area (Å²) < 4.78 is 51.4. The molecule has 2 heterocycles. The second-order valence-electron chi connectivity index (χ2n) is 8.50. The molecule has 0 bridgehead atoms. The number of ether oxygens (including phenoxy) is 2. The van der Waals surface area contributed by atoms with Crippen molar-refractivity contribution >= 4 is 22.4 Å². The molecule has 0 spiro atoms. The minimum atomic E-state index is -4.43. The van der Waals surface area contributed by atoms with Crippen LogP contribution in [0.5, 0.6) is 11.5 Å². The van der Waals surface area contributed by atoms with Crippen molar-refractivity contribution in [2.24, 2.45) is 0 Å². The van der Waals surface area contributed by atoms with Crippen LogP contribution in [0.1, 0.15) is 36.8 Å². The summed E-state index contributed by atoms with van der Waals surface area (Å²) >= 11 is 0. The number of benzene rings is 2. The molecule has 0 amide bonds. The molecule has 182 valence electrons. The lowest BCUT2D eigenvalue weighted by molar-refractivity contribution is -0.138. The van der Waals surface area contributed by atoms with Gasteiger partial charge >= 0.3 is 6.18 Å². The quantitative estimate of drug-likeness (QED) is 0.406. The molecule has 6 nitrogen and oxygen atoms in total. The lowest BCUT2D eigenvalue weighted by atomic mass is 10.1. The van der Waals surface area contributed by atoms with E-state index < -0.39 is 11.7 Å². The van der Waals surface area contributed by atoms with Gasteiger partial charge in [0, 0.05) is 23.7 Å². The molecule has 34 heavy (non-hydrogen) atoms. The Morgan fingerprint density at radius 2 is 1.82 bits per heavy atom. The number of likely N-dealkylation sites (tertiary alicyclic amines) is 1. The van der Waals surface area contributed by atoms with E-state index in [1.807, 2.05) is 0 Å². The predicted octanol–water partition coefficient (Wildman–Crippen LogP) is 5.96. The van der Waals surface area contributed by atoms with Crippen LogP contribution in [0.2, 0.25) is 0 Å². The molecule has 0 saturated carbocycles. The molecule has 1 aliphatic heterocycles. The normalized spacial score (nSPS) is 14.9. The molecule has 0 radical (unpaired) electrons. The molecule has 1 N–H and O–H groups in total. The van der Waals surface area contributed by atoms with Crippen molar-refractivity contribution in [3.63, 3.8) is 0 Å². The van der Waals surface area contributed by atoms with E-state index in [2.05, 4.69) is 20.2 Å². The molecule has 1 aromatic heterocycles. The first-order valence-corrected chi connectivity index (χ1v) is 11.5. The molecular formula is C25H29F3N4O2. The molecule has 2 aromatic carbocycles. The first-order chi connectivity index (χ1) is 16.3. The van der Waals surface area contributed by atoms with Crippen LogP contribution in [0, 0.1) is 6.92 Å². The zero-order valence-electron chi connectivity index (χ0n) is 19.4. The van der Waals surface area contributed by atoms with E-state index >= 15 is 0 Å². The fraction of sp³-hybridized carbons (Fsp3) is 0.440. The van der Waals surface area contributed by atoms with Crippen LogP contribution in [0.4, 0.5) is 24.7 Å². The molecule has 9 heteroatoms. The number of aromatic nitrogens is 2. The first kappa shape index (κ1) is 24.1. The Hall–Kier alpha value is -3.07. The fourth-order valence-corrected chi connectivity index (χ4v) is 4.23. The highest BCUT2D eigenvalue weighted by atomic mass is 19.4. The average Bonchev–Trinajstić information content (AvgIpc) is 2.82. The smallest absolute Gasteiger partial charge is 0.416 e. The van der Waals surface area contributed by atoms with E-state index in [1.54, 1.807) is 25.3 Å². The maximum Gasteiger partial charge on any atom is 0.416 e. The van der Waals surface area contributed by atoms with Crippen LogP contribution in [0.15, 0.2) is 36.7 Å². The summed E-state index contributed by atoms with van der Waals surface area (Å²) in [7, 11) is 1.55. The van der Waals surface area contributed by atoms with Gasteiger partial charge in [-0.3, -0.25) is 0 Å². The molecular weight excluding hydrogens is 445 g/mol. The van der Waals surface area contributed by atoms with Gasteiger partial charge in [-0.25, -0.2) is 9.97 Å². The SMILES string of the molecule is COc1cc2c(Nc3ccc(C)c(C(F)(F)F)c3)ncnc2cc1OCCCN1CCCCC1. The monoisotopic (exact) mass is 474 g/mol. The van der Waals surface area contributed by atoms with E-state index in [4.69, 9.17) is 9.47 Å². The Morgan fingerprint density at radius 1 is 1.03 bits per heavy atom. The number of halogens is 3. The van der Waals surface area contributed by atoms with E-state index in [0.717, 1.165) is 32.1 Å². The van der Waals surface area contributed by atoms with Crippen molar-refractivity contribution in [3.05, 3.63) is 47.8 Å². The topological polar surface area (TPSA) is 59.5 Å². The van der Waals surface area contributed by atoms with Crippen molar-refractivity contribution in [1.29, 1.82) is 0 Å². The number of alkyl halides is 3. The first-order valence-electron chi connectivity index (χ1n) is 11.5. The van der Waals surface area contributed by atoms with Crippen molar-refractivity contribution in [3.8, 4) is 11.5 Å². The van der Waals surface area contributed by atoms with Gasteiger partial charge in [-0.15, -0.1) is 0 Å². The third-order valence-corrected chi connectivity index (χ3v) is 6.05. The molecule has 1 aliphatic rings. The molecule has 0 unspecified atom stereocenters. The van der Waals surface area contributed by atoms with Crippen LogP contribution in [-0.4, -0.2) is 48.2 Å². The highest BCUT2D eigenvalue weighted by Crippen LogP contribution is 2.37. The van der Waals surface area contributed by atoms with Crippen LogP contribution >= 0.6 is 0 Å². The summed E-state index contributed by atoms with van der Waals surface area (Å²) in [6.07, 6.45) is 1.68. The number of nitrogens with zero attached hydrogens (tertiary/aromatic N) is 3. The van der Waals surface area contributed by atoms with Gasteiger partial charge in [0.2, 0.25) is 0 Å². The van der Waals surface area contributed by atoms with E-state index in [9.17, 15) is 13.2 Å². The third-order valence-electron chi connectivity index (χ3n) is 6.05. The minimum Gasteiger partial charge on any atom is -0.493 e. The van der Waals surface area contributed by atoms with Gasteiger partial charge in [-0.2, -0.15) is 13.2 Å². The van der Waals surface area contributed by atoms with Crippen molar-refractivity contribution in [2.75, 3.05) is 38.7 Å². The number of piperidine rings is 1. The van der Waals surface area contributed by atoms with Gasteiger partial charge in [-0.05, 0) is 63.0 Å². The summed E-state index contributed by atoms with van der Waals surface area (Å²) in [6, 6.07) is 7.63. The highest BCUT2D eigenvalue weighted by Gasteiger charge is 2.32. The van der Waals surface area contributed by atoms with Gasteiger partial charge in [-0.1, -0.05) is 12.5 Å². The van der Waals surface area contributed by atoms with Gasteiger partial charge in [0.25, 0.3) is 0 Å². The van der Waals surface area contributed by atoms with E-state index in [0.29, 0.717) is 34.8 Å². The second kappa shape index (κ2) is 10.5. The number of hydrogen-bond donors (Lipinski definition) is 1. The maximum absolute atomic E-state index is 13.3. The Bertz CT molecular complexity index is 1130. The summed E-state index contributed by atoms with van der Waals surface area (Å²) in [5, 5.41) is 3.61. The number of nitrogens with one attached hydrogen (secondary N) is 1. The van der Waals surface area contributed by atoms with Crippen molar-refractivity contribution in [2.45, 2.75) is 38.8 Å². The summed E-state index contributed by atoms with van der Waals surface area (Å²) in [6.45, 7) is 5.29. The van der Waals surface area contributed by atoms with Crippen molar-refractivity contribution < 1.29 is 22.6 Å². The summed E-state index contributed by atoms with van der Waals surface area (Å²) in [5.41, 5.74) is 0.366. The molecule has 0 aliphatic carbocycles. The molecule has 1 fully saturated rings. The number of hydrogen-bond acceptors (Lipinski definition) is 6. The zero-order valence-corrected chi connectivity index (χ0v) is 19.4. The van der Waals surface area contributed by atoms with Gasteiger partial charge in [0.15, 0.2) is 11.5 Å². The lowest BCUT2D eigenvalue weighted by Gasteiger charge is -2.26. The van der Waals surface area contributed by atoms with E-state index in [-0.39, 0.29) is 11.3 Å². The Kier molecular flexibility index (Phi) is 7.41. The van der Waals surface area contributed by atoms with Crippen LogP contribution in [-0.2, 0) is 6.18 Å². The Labute approximate surface area is 197 Å². The molecule has 4 rings (SSSR count). The summed E-state index contributed by atoms with van der Waals surface area (Å²) in [4.78, 5) is 11.0. The molecule has 1 saturated heterocycles. The predicted molar refractivity (Wildman–Crippen MR) is 126 cm³/mol. The largest absolute Gasteiger partial charge is 0.493 e. The summed E-state index contributed by atoms with van der Waals surface area (Å²) in [5.74, 6) is 1.48. The van der Waals surface area contributed by atoms with Crippen molar-refractivity contribution in [1.82, 2.24) is 14.9 Å². The number of anilines is 2. The molecule has 0 atom stereocenters. The third kappa shape index (κ3) is 5.70. The van der Waals surface area contributed by atoms with E-state index in [1.165, 1.54) is 38.6 Å². The van der Waals surface area contributed by atoms with Crippen LogP contribution in [0.3, 0.4) is 0 Å². The maximum atomic E-state index is 13.3. The number of rotatable bonds is 8. The number of aryl methyl sites for hydroxylation is 1. The average molecular weight is 475 g/mol. The van der Waals surface area contributed by atoms with Gasteiger partial charge in [0.05, 0.1) is 24.8 Å².